The Labute approximate surface area is 270 Å². The standard InChI is InChI=1S/C36H49NO9/c1-16-8-9-36(46-34(16)22-12-23(38)14-24(39)13-22)19(4)10-18(3)27(45-36)15-25-17(2)11-21-6-7-26(40)20(5)28(21)29(25)31(41)30-32(42)33(43)35(44)37-30/h11-14,16,18-21,25-30,33-34,38-40,43H,6-10,15H2,1-5H3,(H,37,44)/t16-,18-,19-,20+,21+,25-,26-,27+,28+,29+,30?,33?,34-,36+/m1/s1. The number of Topliss-reactive ketones (excluding diaryl/α,β-unsaturated/α-hetero) is 2. The zero-order chi connectivity index (χ0) is 33.2. The Balaban J connectivity index is 1.32. The average molecular weight is 640 g/mol. The maximum atomic E-state index is 14.4. The van der Waals surface area contributed by atoms with Crippen LogP contribution in [0.1, 0.15) is 84.8 Å². The molecule has 0 radical (unpaired) electrons. The van der Waals surface area contributed by atoms with E-state index in [1.165, 1.54) is 6.07 Å². The number of ether oxygens (including phenoxy) is 2. The molecule has 6 rings (SSSR count). The number of hydrogen-bond acceptors (Lipinski definition) is 9. The predicted octanol–water partition coefficient (Wildman–Crippen LogP) is 3.95. The number of allylic oxidation sites excluding steroid dienone is 2. The summed E-state index contributed by atoms with van der Waals surface area (Å²) in [6, 6.07) is 3.13. The number of nitrogens with one attached hydrogen (secondary N) is 1. The van der Waals surface area contributed by atoms with Gasteiger partial charge in [-0.3, -0.25) is 14.4 Å². The molecule has 3 saturated heterocycles. The van der Waals surface area contributed by atoms with E-state index < -0.39 is 53.5 Å². The van der Waals surface area contributed by atoms with E-state index in [0.717, 1.165) is 24.8 Å². The van der Waals surface area contributed by atoms with E-state index in [0.29, 0.717) is 24.8 Å². The van der Waals surface area contributed by atoms with Crippen molar-refractivity contribution in [1.29, 1.82) is 0 Å². The Bertz CT molecular complexity index is 1390. The molecule has 1 spiro atoms. The van der Waals surface area contributed by atoms with Gasteiger partial charge < -0.3 is 35.2 Å². The van der Waals surface area contributed by atoms with Crippen LogP contribution in [0.3, 0.4) is 0 Å². The highest BCUT2D eigenvalue weighted by atomic mass is 16.7. The maximum Gasteiger partial charge on any atom is 0.257 e. The fraction of sp³-hybridized carbons (Fsp3) is 0.694. The van der Waals surface area contributed by atoms with Crippen LogP contribution in [0.5, 0.6) is 11.5 Å². The molecule has 5 N–H and O–H groups in total. The number of rotatable bonds is 5. The number of phenolic OH excluding ortho intramolecular Hbond substituents is 2. The van der Waals surface area contributed by atoms with Crippen LogP contribution in [-0.2, 0) is 23.9 Å². The van der Waals surface area contributed by atoms with Crippen molar-refractivity contribution in [3.8, 4) is 11.5 Å². The highest BCUT2D eigenvalue weighted by Crippen LogP contribution is 2.54. The predicted molar refractivity (Wildman–Crippen MR) is 167 cm³/mol. The molecule has 3 heterocycles. The molecule has 46 heavy (non-hydrogen) atoms. The second-order valence-electron chi connectivity index (χ2n) is 15.1. The summed E-state index contributed by atoms with van der Waals surface area (Å²) in [7, 11) is 0. The van der Waals surface area contributed by atoms with Crippen LogP contribution in [0.25, 0.3) is 0 Å². The van der Waals surface area contributed by atoms with Gasteiger partial charge >= 0.3 is 0 Å². The van der Waals surface area contributed by atoms with Gasteiger partial charge in [-0.15, -0.1) is 0 Å². The topological polar surface area (TPSA) is 163 Å². The molecule has 1 aromatic carbocycles. The van der Waals surface area contributed by atoms with E-state index in [-0.39, 0.29) is 59.0 Å². The van der Waals surface area contributed by atoms with Crippen molar-refractivity contribution in [3.05, 3.63) is 35.4 Å². The Morgan fingerprint density at radius 2 is 1.67 bits per heavy atom. The zero-order valence-electron chi connectivity index (χ0n) is 27.4. The number of benzene rings is 1. The first kappa shape index (κ1) is 33.1. The van der Waals surface area contributed by atoms with Crippen molar-refractivity contribution in [2.24, 2.45) is 47.3 Å². The molecule has 2 unspecified atom stereocenters. The molecule has 14 atom stereocenters. The lowest BCUT2D eigenvalue weighted by Gasteiger charge is -2.54. The molecule has 10 heteroatoms. The van der Waals surface area contributed by atoms with Crippen LogP contribution in [-0.4, -0.2) is 68.0 Å². The van der Waals surface area contributed by atoms with E-state index in [9.17, 15) is 34.8 Å². The fourth-order valence-corrected chi connectivity index (χ4v) is 9.48. The van der Waals surface area contributed by atoms with Crippen molar-refractivity contribution >= 4 is 17.5 Å². The number of aliphatic hydroxyl groups excluding tert-OH is 2. The molecule has 10 nitrogen and oxygen atoms in total. The van der Waals surface area contributed by atoms with Crippen LogP contribution in [0, 0.1) is 47.3 Å². The molecule has 1 aromatic rings. The Hall–Kier alpha value is -2.79. The number of carbonyl (C=O) groups is 3. The molecule has 0 aromatic heterocycles. The summed E-state index contributed by atoms with van der Waals surface area (Å²) in [5.41, 5.74) is 1.73. The lowest BCUT2D eigenvalue weighted by atomic mass is 9.55. The van der Waals surface area contributed by atoms with Crippen molar-refractivity contribution in [1.82, 2.24) is 5.32 Å². The summed E-state index contributed by atoms with van der Waals surface area (Å²) in [5, 5.41) is 43.9. The van der Waals surface area contributed by atoms with Crippen LogP contribution in [0.2, 0.25) is 0 Å². The van der Waals surface area contributed by atoms with E-state index >= 15 is 0 Å². The van der Waals surface area contributed by atoms with Gasteiger partial charge in [0.05, 0.1) is 18.3 Å². The number of amides is 1. The minimum Gasteiger partial charge on any atom is -0.508 e. The SMILES string of the molecule is CC1=C[C@@H]2CC[C@@H](O)[C@H](C)[C@@H]2[C@@H](C(=O)C2NC(=O)C(O)C2=O)[C@@H]1C[C@@H]1O[C@]2(CC[C@@H](C)[C@H](c3cc(O)cc(O)c3)O2)[C@H](C)C[C@H]1C. The molecular formula is C36H49NO9. The molecule has 1 amide bonds. The second-order valence-corrected chi connectivity index (χ2v) is 15.1. The maximum absolute atomic E-state index is 14.4. The smallest absolute Gasteiger partial charge is 0.257 e. The zero-order valence-corrected chi connectivity index (χ0v) is 27.4. The number of phenols is 2. The minimum absolute atomic E-state index is 0.0328. The van der Waals surface area contributed by atoms with Crippen molar-refractivity contribution < 1.29 is 44.3 Å². The highest BCUT2D eigenvalue weighted by Gasteiger charge is 2.56. The lowest BCUT2D eigenvalue weighted by Crippen LogP contribution is -2.56. The summed E-state index contributed by atoms with van der Waals surface area (Å²) in [5.74, 6) is -4.05. The Morgan fingerprint density at radius 3 is 2.33 bits per heavy atom. The van der Waals surface area contributed by atoms with E-state index in [1.807, 2.05) is 13.8 Å². The first-order valence-corrected chi connectivity index (χ1v) is 17.0. The van der Waals surface area contributed by atoms with Gasteiger partial charge in [0.2, 0.25) is 5.78 Å². The molecule has 3 aliphatic heterocycles. The van der Waals surface area contributed by atoms with Gasteiger partial charge in [0.1, 0.15) is 11.5 Å². The van der Waals surface area contributed by atoms with E-state index in [1.54, 1.807) is 12.1 Å². The quantitative estimate of drug-likeness (QED) is 0.237. The third-order valence-corrected chi connectivity index (χ3v) is 12.1. The summed E-state index contributed by atoms with van der Waals surface area (Å²) in [4.78, 5) is 39.5. The average Bonchev–Trinajstić information content (AvgIpc) is 3.25. The van der Waals surface area contributed by atoms with Gasteiger partial charge in [-0.2, -0.15) is 0 Å². The van der Waals surface area contributed by atoms with Gasteiger partial charge in [0, 0.05) is 24.3 Å². The first-order chi connectivity index (χ1) is 21.7. The van der Waals surface area contributed by atoms with Gasteiger partial charge in [0.15, 0.2) is 23.7 Å². The molecular weight excluding hydrogens is 590 g/mol. The third kappa shape index (κ3) is 5.69. The Morgan fingerprint density at radius 1 is 0.978 bits per heavy atom. The Kier molecular flexibility index (Phi) is 8.89. The number of fused-ring (bicyclic) bond motifs is 1. The van der Waals surface area contributed by atoms with Crippen LogP contribution >= 0.6 is 0 Å². The molecule has 252 valence electrons. The monoisotopic (exact) mass is 639 g/mol. The van der Waals surface area contributed by atoms with Crippen LogP contribution in [0.15, 0.2) is 29.8 Å². The molecule has 0 bridgehead atoms. The van der Waals surface area contributed by atoms with Gasteiger partial charge in [0.25, 0.3) is 5.91 Å². The third-order valence-electron chi connectivity index (χ3n) is 12.1. The lowest BCUT2D eigenvalue weighted by molar-refractivity contribution is -0.356. The summed E-state index contributed by atoms with van der Waals surface area (Å²) >= 11 is 0. The van der Waals surface area contributed by atoms with Crippen molar-refractivity contribution in [2.75, 3.05) is 0 Å². The number of aliphatic hydroxyl groups is 2. The van der Waals surface area contributed by atoms with Crippen molar-refractivity contribution in [3.63, 3.8) is 0 Å². The number of hydrogen-bond donors (Lipinski definition) is 5. The fourth-order valence-electron chi connectivity index (χ4n) is 9.48. The number of carbonyl (C=O) groups excluding carboxylic acids is 3. The van der Waals surface area contributed by atoms with Gasteiger partial charge in [-0.1, -0.05) is 39.3 Å². The summed E-state index contributed by atoms with van der Waals surface area (Å²) in [6.45, 7) is 10.4. The number of ketones is 2. The summed E-state index contributed by atoms with van der Waals surface area (Å²) < 4.78 is 13.9. The normalized spacial score (nSPS) is 44.4. The first-order valence-electron chi connectivity index (χ1n) is 17.0. The highest BCUT2D eigenvalue weighted by molar-refractivity contribution is 6.22. The molecule has 1 saturated carbocycles. The minimum atomic E-state index is -1.85. The largest absolute Gasteiger partial charge is 0.508 e. The summed E-state index contributed by atoms with van der Waals surface area (Å²) in [6.07, 6.45) is 3.30. The van der Waals surface area contributed by atoms with Crippen molar-refractivity contribution in [2.45, 2.75) is 109 Å². The van der Waals surface area contributed by atoms with E-state index in [4.69, 9.17) is 9.47 Å². The second kappa shape index (κ2) is 12.3. The van der Waals surface area contributed by atoms with Gasteiger partial charge in [-0.25, -0.2) is 0 Å². The number of aromatic hydroxyl groups is 2. The van der Waals surface area contributed by atoms with Gasteiger partial charge in [-0.05, 0) is 92.2 Å². The molecule has 2 aliphatic carbocycles. The van der Waals surface area contributed by atoms with E-state index in [2.05, 4.69) is 32.2 Å². The molecule has 5 aliphatic rings. The van der Waals surface area contributed by atoms with Crippen LogP contribution in [0.4, 0.5) is 0 Å². The van der Waals surface area contributed by atoms with Crippen LogP contribution < -0.4 is 5.32 Å². The molecule has 4 fully saturated rings.